The van der Waals surface area contributed by atoms with Crippen molar-refractivity contribution in [1.82, 2.24) is 4.98 Å². The van der Waals surface area contributed by atoms with Gasteiger partial charge in [0, 0.05) is 12.4 Å². The third-order valence-electron chi connectivity index (χ3n) is 1.28. The van der Waals surface area contributed by atoms with E-state index in [2.05, 4.69) is 4.98 Å². The predicted molar refractivity (Wildman–Crippen MR) is 44.0 cm³/mol. The van der Waals surface area contributed by atoms with E-state index in [0.717, 1.165) is 5.56 Å². The Morgan fingerprint density at radius 3 is 2.58 bits per heavy atom. The summed E-state index contributed by atoms with van der Waals surface area (Å²) in [6, 6.07) is 3.35. The maximum atomic E-state index is 10.3. The van der Waals surface area contributed by atoms with Crippen molar-refractivity contribution >= 4 is 12.0 Å². The van der Waals surface area contributed by atoms with Crippen LogP contribution < -0.4 is 5.73 Å². The van der Waals surface area contributed by atoms with Crippen molar-refractivity contribution in [2.45, 2.75) is 0 Å². The topological polar surface area (TPSA) is 76.2 Å². The number of aromatic nitrogens is 1. The molecule has 0 aliphatic heterocycles. The van der Waals surface area contributed by atoms with Crippen LogP contribution in [0.5, 0.6) is 0 Å². The molecule has 0 saturated carbocycles. The summed E-state index contributed by atoms with van der Waals surface area (Å²) < 4.78 is 0. The molecule has 0 aromatic carbocycles. The lowest BCUT2D eigenvalue weighted by molar-refractivity contribution is -0.132. The van der Waals surface area contributed by atoms with Gasteiger partial charge in [-0.05, 0) is 23.8 Å². The fraction of sp³-hybridized carbons (Fsp3) is 0. The lowest BCUT2D eigenvalue weighted by Crippen LogP contribution is -2.09. The first kappa shape index (κ1) is 8.26. The highest BCUT2D eigenvalue weighted by molar-refractivity contribution is 5.90. The van der Waals surface area contributed by atoms with Crippen LogP contribution in [0.4, 0.5) is 0 Å². The molecule has 1 heterocycles. The molecule has 0 spiro atoms. The van der Waals surface area contributed by atoms with Gasteiger partial charge in [-0.25, -0.2) is 4.79 Å². The van der Waals surface area contributed by atoms with Crippen LogP contribution in [-0.2, 0) is 4.79 Å². The fourth-order valence-corrected chi connectivity index (χ4v) is 0.701. The Morgan fingerprint density at radius 2 is 2.08 bits per heavy atom. The molecule has 0 atom stereocenters. The molecule has 1 rings (SSSR count). The van der Waals surface area contributed by atoms with Crippen LogP contribution in [0.2, 0.25) is 0 Å². The van der Waals surface area contributed by atoms with E-state index in [1.54, 1.807) is 24.5 Å². The predicted octanol–water partition coefficient (Wildman–Crippen LogP) is 0.466. The number of nitrogens with zero attached hydrogens (tertiary/aromatic N) is 1. The first-order chi connectivity index (χ1) is 5.70. The number of aliphatic carboxylic acids is 1. The van der Waals surface area contributed by atoms with E-state index in [-0.39, 0.29) is 5.70 Å². The second-order valence-corrected chi connectivity index (χ2v) is 2.19. The van der Waals surface area contributed by atoms with Gasteiger partial charge in [0.15, 0.2) is 0 Å². The van der Waals surface area contributed by atoms with Crippen molar-refractivity contribution in [3.05, 3.63) is 35.8 Å². The van der Waals surface area contributed by atoms with Gasteiger partial charge < -0.3 is 10.8 Å². The van der Waals surface area contributed by atoms with Gasteiger partial charge in [0.25, 0.3) is 0 Å². The van der Waals surface area contributed by atoms with E-state index in [4.69, 9.17) is 10.8 Å². The second kappa shape index (κ2) is 3.52. The van der Waals surface area contributed by atoms with Gasteiger partial charge in [0.1, 0.15) is 5.70 Å². The molecule has 0 fully saturated rings. The minimum absolute atomic E-state index is 0.179. The second-order valence-electron chi connectivity index (χ2n) is 2.19. The maximum Gasteiger partial charge on any atom is 0.351 e. The van der Waals surface area contributed by atoms with Gasteiger partial charge in [-0.15, -0.1) is 0 Å². The summed E-state index contributed by atoms with van der Waals surface area (Å²) in [5.74, 6) is -1.12. The molecule has 12 heavy (non-hydrogen) atoms. The molecule has 1 aromatic heterocycles. The van der Waals surface area contributed by atoms with Gasteiger partial charge >= 0.3 is 5.97 Å². The fourth-order valence-electron chi connectivity index (χ4n) is 0.701. The van der Waals surface area contributed by atoms with Crippen LogP contribution in [-0.4, -0.2) is 16.1 Å². The monoisotopic (exact) mass is 164 g/mol. The molecule has 4 heteroatoms. The first-order valence-corrected chi connectivity index (χ1v) is 3.30. The molecule has 0 bridgehead atoms. The van der Waals surface area contributed by atoms with Crippen molar-refractivity contribution in [3.63, 3.8) is 0 Å². The molecule has 0 unspecified atom stereocenters. The molecule has 0 saturated heterocycles. The summed E-state index contributed by atoms with van der Waals surface area (Å²) in [6.45, 7) is 0. The van der Waals surface area contributed by atoms with Crippen molar-refractivity contribution in [3.8, 4) is 0 Å². The Hall–Kier alpha value is -1.84. The lowest BCUT2D eigenvalue weighted by atomic mass is 10.2. The number of carboxylic acid groups (broad SMARTS) is 1. The Kier molecular flexibility index (Phi) is 2.42. The normalized spacial score (nSPS) is 11.2. The molecule has 3 N–H and O–H groups in total. The maximum absolute atomic E-state index is 10.3. The van der Waals surface area contributed by atoms with Crippen molar-refractivity contribution in [2.75, 3.05) is 0 Å². The van der Waals surface area contributed by atoms with Crippen LogP contribution in [0, 0.1) is 0 Å². The smallest absolute Gasteiger partial charge is 0.351 e. The molecule has 1 aromatic rings. The molecule has 0 aliphatic rings. The number of nitrogens with two attached hydrogens (primary N) is 1. The molecule has 4 nitrogen and oxygen atoms in total. The standard InChI is InChI=1S/C8H8N2O2/c9-7(8(11)12)5-6-1-3-10-4-2-6/h1-5H,9H2,(H,11,12). The summed E-state index contributed by atoms with van der Waals surface area (Å²) in [7, 11) is 0. The Morgan fingerprint density at radius 1 is 1.50 bits per heavy atom. The summed E-state index contributed by atoms with van der Waals surface area (Å²) in [4.78, 5) is 14.1. The summed E-state index contributed by atoms with van der Waals surface area (Å²) in [5, 5.41) is 8.43. The van der Waals surface area contributed by atoms with Crippen molar-refractivity contribution < 1.29 is 9.90 Å². The highest BCUT2D eigenvalue weighted by Gasteiger charge is 1.99. The molecule has 0 amide bonds. The largest absolute Gasteiger partial charge is 0.477 e. The van der Waals surface area contributed by atoms with Gasteiger partial charge in [-0.1, -0.05) is 0 Å². The van der Waals surface area contributed by atoms with Gasteiger partial charge in [0.2, 0.25) is 0 Å². The molecule has 62 valence electrons. The number of carbonyl (C=O) groups is 1. The van der Waals surface area contributed by atoms with E-state index in [1.807, 2.05) is 0 Å². The van der Waals surface area contributed by atoms with Crippen LogP contribution in [0.25, 0.3) is 6.08 Å². The Balaban J connectivity index is 2.89. The van der Waals surface area contributed by atoms with Crippen LogP contribution in [0.15, 0.2) is 30.2 Å². The Bertz CT molecular complexity index is 306. The first-order valence-electron chi connectivity index (χ1n) is 3.30. The zero-order valence-electron chi connectivity index (χ0n) is 6.27. The molecular weight excluding hydrogens is 156 g/mol. The molecular formula is C8H8N2O2. The van der Waals surface area contributed by atoms with E-state index in [0.29, 0.717) is 0 Å². The number of hydrogen-bond donors (Lipinski definition) is 2. The molecule has 0 radical (unpaired) electrons. The van der Waals surface area contributed by atoms with E-state index in [1.165, 1.54) is 6.08 Å². The van der Waals surface area contributed by atoms with Gasteiger partial charge in [-0.2, -0.15) is 0 Å². The van der Waals surface area contributed by atoms with Gasteiger partial charge in [-0.3, -0.25) is 4.98 Å². The minimum Gasteiger partial charge on any atom is -0.477 e. The van der Waals surface area contributed by atoms with E-state index < -0.39 is 5.97 Å². The average Bonchev–Trinajstić information content (AvgIpc) is 2.06. The number of pyridine rings is 1. The zero-order chi connectivity index (χ0) is 8.97. The SMILES string of the molecule is NC(=Cc1ccncc1)C(=O)O. The van der Waals surface area contributed by atoms with Crippen LogP contribution >= 0.6 is 0 Å². The summed E-state index contributed by atoms with van der Waals surface area (Å²) in [6.07, 6.45) is 4.52. The van der Waals surface area contributed by atoms with Gasteiger partial charge in [0.05, 0.1) is 0 Å². The average molecular weight is 164 g/mol. The van der Waals surface area contributed by atoms with Crippen molar-refractivity contribution in [2.24, 2.45) is 5.73 Å². The molecule has 0 aliphatic carbocycles. The number of rotatable bonds is 2. The quantitative estimate of drug-likeness (QED) is 0.623. The highest BCUT2D eigenvalue weighted by atomic mass is 16.4. The number of carboxylic acids is 1. The van der Waals surface area contributed by atoms with Crippen molar-refractivity contribution in [1.29, 1.82) is 0 Å². The summed E-state index contributed by atoms with van der Waals surface area (Å²) >= 11 is 0. The van der Waals surface area contributed by atoms with E-state index >= 15 is 0 Å². The van der Waals surface area contributed by atoms with Crippen LogP contribution in [0.1, 0.15) is 5.56 Å². The van der Waals surface area contributed by atoms with Crippen LogP contribution in [0.3, 0.4) is 0 Å². The minimum atomic E-state index is -1.12. The Labute approximate surface area is 69.4 Å². The third kappa shape index (κ3) is 2.09. The number of hydrogen-bond acceptors (Lipinski definition) is 3. The summed E-state index contributed by atoms with van der Waals surface area (Å²) in [5.41, 5.74) is 5.74. The third-order valence-corrected chi connectivity index (χ3v) is 1.28. The highest BCUT2D eigenvalue weighted by Crippen LogP contribution is 2.01. The zero-order valence-corrected chi connectivity index (χ0v) is 6.27. The van der Waals surface area contributed by atoms with E-state index in [9.17, 15) is 4.79 Å². The lowest BCUT2D eigenvalue weighted by Gasteiger charge is -1.93.